The number of pyridine rings is 1. The van der Waals surface area contributed by atoms with Crippen molar-refractivity contribution in [1.82, 2.24) is 18.9 Å². The van der Waals surface area contributed by atoms with Crippen LogP contribution in [0.3, 0.4) is 0 Å². The fourth-order valence-corrected chi connectivity index (χ4v) is 4.00. The molecule has 1 aromatic carbocycles. The Morgan fingerprint density at radius 1 is 1.17 bits per heavy atom. The van der Waals surface area contributed by atoms with Gasteiger partial charge in [0.05, 0.1) is 36.2 Å². The maximum absolute atomic E-state index is 5.64. The van der Waals surface area contributed by atoms with Crippen molar-refractivity contribution in [3.8, 4) is 11.4 Å². The quantitative estimate of drug-likeness (QED) is 0.532. The summed E-state index contributed by atoms with van der Waals surface area (Å²) in [6, 6.07) is 10.2. The van der Waals surface area contributed by atoms with Crippen LogP contribution in [0, 0.1) is 6.92 Å². The zero-order valence-corrected chi connectivity index (χ0v) is 17.2. The van der Waals surface area contributed by atoms with E-state index in [1.54, 1.807) is 13.4 Å². The second-order valence-corrected chi connectivity index (χ2v) is 7.64. The van der Waals surface area contributed by atoms with Gasteiger partial charge in [0.25, 0.3) is 0 Å². The van der Waals surface area contributed by atoms with Crippen molar-refractivity contribution in [1.29, 1.82) is 0 Å². The number of aromatic nitrogens is 4. The topological polar surface area (TPSA) is 65.6 Å². The van der Waals surface area contributed by atoms with Gasteiger partial charge in [0.1, 0.15) is 5.75 Å². The minimum absolute atomic E-state index is 0.463. The molecule has 4 heterocycles. The van der Waals surface area contributed by atoms with Crippen LogP contribution in [0.5, 0.6) is 5.75 Å². The first-order chi connectivity index (χ1) is 14.7. The van der Waals surface area contributed by atoms with Gasteiger partial charge in [-0.2, -0.15) is 0 Å². The first-order valence-corrected chi connectivity index (χ1v) is 10.2. The highest BCUT2D eigenvalue weighted by atomic mass is 16.5. The minimum Gasteiger partial charge on any atom is -0.494 e. The number of hydrogen-bond donors (Lipinski definition) is 1. The van der Waals surface area contributed by atoms with Gasteiger partial charge < -0.3 is 23.8 Å². The van der Waals surface area contributed by atoms with Gasteiger partial charge in [0.2, 0.25) is 0 Å². The molecule has 0 radical (unpaired) electrons. The Hall–Kier alpha value is -3.32. The highest BCUT2D eigenvalue weighted by Crippen LogP contribution is 2.31. The standard InChI is InChI=1S/C23H25N5O2/c1-16-13-28(15-24-16)21-6-5-18(12-22(21)29-2)25-19-4-3-9-27-14-20(26-23(19)27)17-7-10-30-11-8-17/h3-6,9,12-15,17,25H,7-8,10-11H2,1-2H3. The first kappa shape index (κ1) is 18.7. The molecule has 0 aliphatic carbocycles. The van der Waals surface area contributed by atoms with Gasteiger partial charge in [-0.1, -0.05) is 0 Å². The predicted molar refractivity (Wildman–Crippen MR) is 116 cm³/mol. The van der Waals surface area contributed by atoms with E-state index in [1.165, 1.54) is 0 Å². The number of hydrogen-bond acceptors (Lipinski definition) is 5. The van der Waals surface area contributed by atoms with Crippen LogP contribution in [0.2, 0.25) is 0 Å². The van der Waals surface area contributed by atoms with Crippen LogP contribution >= 0.6 is 0 Å². The Bertz CT molecular complexity index is 1170. The molecule has 0 atom stereocenters. The van der Waals surface area contributed by atoms with E-state index in [-0.39, 0.29) is 0 Å². The molecular weight excluding hydrogens is 378 g/mol. The van der Waals surface area contributed by atoms with Gasteiger partial charge in [0.15, 0.2) is 5.65 Å². The summed E-state index contributed by atoms with van der Waals surface area (Å²) in [5.41, 5.74) is 5.87. The maximum Gasteiger partial charge on any atom is 0.160 e. The molecule has 0 unspecified atom stereocenters. The number of imidazole rings is 2. The molecular formula is C23H25N5O2. The van der Waals surface area contributed by atoms with Gasteiger partial charge in [-0.05, 0) is 44.0 Å². The average Bonchev–Trinajstić information content (AvgIpc) is 3.41. The third-order valence-electron chi connectivity index (χ3n) is 5.59. The van der Waals surface area contributed by atoms with Crippen molar-refractivity contribution in [3.05, 3.63) is 66.6 Å². The molecule has 5 rings (SSSR count). The number of ether oxygens (including phenoxy) is 2. The Morgan fingerprint density at radius 3 is 2.80 bits per heavy atom. The highest BCUT2D eigenvalue weighted by molar-refractivity contribution is 5.75. The molecule has 1 aliphatic rings. The molecule has 7 heteroatoms. The second kappa shape index (κ2) is 7.84. The summed E-state index contributed by atoms with van der Waals surface area (Å²) in [6.07, 6.45) is 10.0. The van der Waals surface area contributed by atoms with Crippen molar-refractivity contribution in [3.63, 3.8) is 0 Å². The number of rotatable bonds is 5. The van der Waals surface area contributed by atoms with E-state index in [4.69, 9.17) is 14.5 Å². The SMILES string of the molecule is COc1cc(Nc2cccn3cc(C4CCOCC4)nc23)ccc1-n1cnc(C)c1. The summed E-state index contributed by atoms with van der Waals surface area (Å²) in [6.45, 7) is 3.59. The predicted octanol–water partition coefficient (Wildman–Crippen LogP) is 4.47. The van der Waals surface area contributed by atoms with Crippen LogP contribution in [-0.2, 0) is 4.74 Å². The maximum atomic E-state index is 5.64. The van der Waals surface area contributed by atoms with Crippen molar-refractivity contribution in [2.24, 2.45) is 0 Å². The largest absolute Gasteiger partial charge is 0.494 e. The van der Waals surface area contributed by atoms with E-state index < -0.39 is 0 Å². The van der Waals surface area contributed by atoms with Crippen LogP contribution in [0.4, 0.5) is 11.4 Å². The summed E-state index contributed by atoms with van der Waals surface area (Å²) in [5.74, 6) is 1.24. The molecule has 0 saturated carbocycles. The first-order valence-electron chi connectivity index (χ1n) is 10.2. The second-order valence-electron chi connectivity index (χ2n) is 7.64. The Balaban J connectivity index is 1.45. The number of aryl methyl sites for hydroxylation is 1. The summed E-state index contributed by atoms with van der Waals surface area (Å²) >= 11 is 0. The number of nitrogens with zero attached hydrogens (tertiary/aromatic N) is 4. The molecule has 0 bridgehead atoms. The third kappa shape index (κ3) is 3.52. The normalized spacial score (nSPS) is 14.9. The smallest absolute Gasteiger partial charge is 0.160 e. The number of nitrogens with one attached hydrogen (secondary N) is 1. The van der Waals surface area contributed by atoms with Crippen molar-refractivity contribution in [2.75, 3.05) is 25.6 Å². The van der Waals surface area contributed by atoms with E-state index in [9.17, 15) is 0 Å². The molecule has 0 amide bonds. The van der Waals surface area contributed by atoms with Crippen LogP contribution in [0.25, 0.3) is 11.3 Å². The Kier molecular flexibility index (Phi) is 4.88. The van der Waals surface area contributed by atoms with Crippen molar-refractivity contribution in [2.45, 2.75) is 25.7 Å². The van der Waals surface area contributed by atoms with Gasteiger partial charge in [-0.3, -0.25) is 0 Å². The summed E-state index contributed by atoms with van der Waals surface area (Å²) < 4.78 is 15.2. The fourth-order valence-electron chi connectivity index (χ4n) is 4.00. The van der Waals surface area contributed by atoms with E-state index in [2.05, 4.69) is 27.0 Å². The fraction of sp³-hybridized carbons (Fsp3) is 0.304. The van der Waals surface area contributed by atoms with E-state index in [0.717, 1.165) is 65.9 Å². The van der Waals surface area contributed by atoms with Gasteiger partial charge in [-0.15, -0.1) is 0 Å². The molecule has 30 heavy (non-hydrogen) atoms. The highest BCUT2D eigenvalue weighted by Gasteiger charge is 2.19. The number of fused-ring (bicyclic) bond motifs is 1. The summed E-state index contributed by atoms with van der Waals surface area (Å²) in [4.78, 5) is 9.25. The average molecular weight is 403 g/mol. The van der Waals surface area contributed by atoms with Crippen LogP contribution in [0.1, 0.15) is 30.1 Å². The number of anilines is 2. The lowest BCUT2D eigenvalue weighted by molar-refractivity contribution is 0.0846. The lowest BCUT2D eigenvalue weighted by atomic mass is 9.97. The molecule has 3 aromatic heterocycles. The zero-order valence-electron chi connectivity index (χ0n) is 17.2. The molecule has 1 N–H and O–H groups in total. The van der Waals surface area contributed by atoms with Crippen LogP contribution < -0.4 is 10.1 Å². The lowest BCUT2D eigenvalue weighted by Crippen LogP contribution is -2.14. The van der Waals surface area contributed by atoms with Gasteiger partial charge in [-0.25, -0.2) is 9.97 Å². The van der Waals surface area contributed by atoms with Crippen molar-refractivity contribution < 1.29 is 9.47 Å². The molecule has 1 saturated heterocycles. The Labute approximate surface area is 175 Å². The summed E-state index contributed by atoms with van der Waals surface area (Å²) in [5, 5.41) is 3.51. The monoisotopic (exact) mass is 403 g/mol. The Morgan fingerprint density at radius 2 is 2.03 bits per heavy atom. The molecule has 1 aliphatic heterocycles. The zero-order chi connectivity index (χ0) is 20.5. The molecule has 7 nitrogen and oxygen atoms in total. The van der Waals surface area contributed by atoms with Crippen LogP contribution in [-0.4, -0.2) is 39.3 Å². The van der Waals surface area contributed by atoms with E-state index in [1.807, 2.05) is 48.1 Å². The van der Waals surface area contributed by atoms with Crippen molar-refractivity contribution >= 4 is 17.0 Å². The van der Waals surface area contributed by atoms with Gasteiger partial charge >= 0.3 is 0 Å². The minimum atomic E-state index is 0.463. The van der Waals surface area contributed by atoms with E-state index in [0.29, 0.717) is 5.92 Å². The summed E-state index contributed by atoms with van der Waals surface area (Å²) in [7, 11) is 1.68. The number of benzene rings is 1. The molecule has 1 fully saturated rings. The van der Waals surface area contributed by atoms with E-state index >= 15 is 0 Å². The van der Waals surface area contributed by atoms with Gasteiger partial charge in [0, 0.05) is 49.5 Å². The lowest BCUT2D eigenvalue weighted by Gasteiger charge is -2.19. The van der Waals surface area contributed by atoms with Crippen LogP contribution in [0.15, 0.2) is 55.2 Å². The molecule has 154 valence electrons. The number of methoxy groups -OCH3 is 1. The molecule has 4 aromatic rings. The third-order valence-corrected chi connectivity index (χ3v) is 5.59. The molecule has 0 spiro atoms.